The second-order valence-electron chi connectivity index (χ2n) is 5.08. The molecular formula is C15H19ClFN3O. The SMILES string of the molecule is NNC(=O)CCCN1CC=C(c2ccc(Cl)cc2F)CC1. The first-order chi connectivity index (χ1) is 10.1. The Morgan fingerprint density at radius 3 is 2.90 bits per heavy atom. The summed E-state index contributed by atoms with van der Waals surface area (Å²) in [5.41, 5.74) is 3.76. The summed E-state index contributed by atoms with van der Waals surface area (Å²) in [4.78, 5) is 13.3. The lowest BCUT2D eigenvalue weighted by atomic mass is 9.99. The Hall–Kier alpha value is -1.43. The lowest BCUT2D eigenvalue weighted by Gasteiger charge is -2.26. The van der Waals surface area contributed by atoms with Crippen molar-refractivity contribution in [2.75, 3.05) is 19.6 Å². The molecule has 4 nitrogen and oxygen atoms in total. The average Bonchev–Trinajstić information content (AvgIpc) is 2.48. The van der Waals surface area contributed by atoms with Crippen molar-refractivity contribution in [1.82, 2.24) is 10.3 Å². The van der Waals surface area contributed by atoms with Gasteiger partial charge in [-0.1, -0.05) is 23.7 Å². The van der Waals surface area contributed by atoms with E-state index in [0.29, 0.717) is 17.0 Å². The maximum Gasteiger partial charge on any atom is 0.233 e. The van der Waals surface area contributed by atoms with Gasteiger partial charge in [0.1, 0.15) is 5.82 Å². The first-order valence-electron chi connectivity index (χ1n) is 6.96. The Bertz CT molecular complexity index is 548. The quantitative estimate of drug-likeness (QED) is 0.498. The van der Waals surface area contributed by atoms with E-state index < -0.39 is 0 Å². The fraction of sp³-hybridized carbons (Fsp3) is 0.400. The van der Waals surface area contributed by atoms with E-state index in [-0.39, 0.29) is 11.7 Å². The molecule has 1 aromatic carbocycles. The van der Waals surface area contributed by atoms with Gasteiger partial charge in [0, 0.05) is 30.1 Å². The highest BCUT2D eigenvalue weighted by molar-refractivity contribution is 6.30. The number of amides is 1. The third-order valence-corrected chi connectivity index (χ3v) is 3.84. The van der Waals surface area contributed by atoms with Crippen LogP contribution in [0.2, 0.25) is 5.02 Å². The zero-order valence-corrected chi connectivity index (χ0v) is 12.5. The van der Waals surface area contributed by atoms with Crippen molar-refractivity contribution in [1.29, 1.82) is 0 Å². The molecule has 0 saturated heterocycles. The van der Waals surface area contributed by atoms with Crippen molar-refractivity contribution in [3.8, 4) is 0 Å². The number of hydrogen-bond donors (Lipinski definition) is 2. The molecule has 2 rings (SSSR count). The Morgan fingerprint density at radius 1 is 1.48 bits per heavy atom. The van der Waals surface area contributed by atoms with Crippen molar-refractivity contribution in [3.63, 3.8) is 0 Å². The highest BCUT2D eigenvalue weighted by atomic mass is 35.5. The van der Waals surface area contributed by atoms with Crippen LogP contribution in [0.5, 0.6) is 0 Å². The molecule has 1 aromatic rings. The molecule has 0 aliphatic carbocycles. The second-order valence-corrected chi connectivity index (χ2v) is 5.51. The number of carbonyl (C=O) groups excluding carboxylic acids is 1. The van der Waals surface area contributed by atoms with Gasteiger partial charge in [-0.15, -0.1) is 0 Å². The van der Waals surface area contributed by atoms with E-state index in [2.05, 4.69) is 10.3 Å². The predicted octanol–water partition coefficient (Wildman–Crippen LogP) is 2.34. The fourth-order valence-electron chi connectivity index (χ4n) is 2.44. The number of carbonyl (C=O) groups is 1. The van der Waals surface area contributed by atoms with Crippen molar-refractivity contribution in [3.05, 3.63) is 40.7 Å². The van der Waals surface area contributed by atoms with Gasteiger partial charge in [0.25, 0.3) is 0 Å². The third-order valence-electron chi connectivity index (χ3n) is 3.61. The maximum absolute atomic E-state index is 13.9. The van der Waals surface area contributed by atoms with E-state index in [1.54, 1.807) is 12.1 Å². The molecule has 3 N–H and O–H groups in total. The molecule has 1 heterocycles. The summed E-state index contributed by atoms with van der Waals surface area (Å²) < 4.78 is 13.9. The summed E-state index contributed by atoms with van der Waals surface area (Å²) in [6, 6.07) is 4.78. The molecule has 0 atom stereocenters. The molecule has 0 aromatic heterocycles. The van der Waals surface area contributed by atoms with Crippen LogP contribution in [0.1, 0.15) is 24.8 Å². The minimum Gasteiger partial charge on any atom is -0.299 e. The number of benzene rings is 1. The zero-order chi connectivity index (χ0) is 15.2. The molecule has 21 heavy (non-hydrogen) atoms. The largest absolute Gasteiger partial charge is 0.299 e. The molecule has 6 heteroatoms. The van der Waals surface area contributed by atoms with E-state index in [4.69, 9.17) is 17.4 Å². The second kappa shape index (κ2) is 7.54. The van der Waals surface area contributed by atoms with Crippen LogP contribution in [0, 0.1) is 5.82 Å². The Kier molecular flexibility index (Phi) is 5.73. The average molecular weight is 312 g/mol. The zero-order valence-electron chi connectivity index (χ0n) is 11.7. The molecule has 0 radical (unpaired) electrons. The van der Waals surface area contributed by atoms with E-state index in [0.717, 1.165) is 38.0 Å². The Balaban J connectivity index is 1.88. The highest BCUT2D eigenvalue weighted by Gasteiger charge is 2.15. The van der Waals surface area contributed by atoms with E-state index in [9.17, 15) is 9.18 Å². The number of nitrogens with one attached hydrogen (secondary N) is 1. The summed E-state index contributed by atoms with van der Waals surface area (Å²) in [5.74, 6) is 4.61. The third kappa shape index (κ3) is 4.52. The maximum atomic E-state index is 13.9. The molecule has 1 aliphatic rings. The molecule has 0 spiro atoms. The highest BCUT2D eigenvalue weighted by Crippen LogP contribution is 2.26. The standard InChI is InChI=1S/C15H19ClFN3O/c16-12-3-4-13(14(17)10-12)11-5-8-20(9-6-11)7-1-2-15(21)19-18/h3-5,10H,1-2,6-9,18H2,(H,19,21). The van der Waals surface area contributed by atoms with Gasteiger partial charge < -0.3 is 0 Å². The van der Waals surface area contributed by atoms with Gasteiger partial charge in [0.05, 0.1) is 0 Å². The molecule has 1 aliphatic heterocycles. The van der Waals surface area contributed by atoms with Crippen LogP contribution in [-0.2, 0) is 4.79 Å². The van der Waals surface area contributed by atoms with E-state index in [1.165, 1.54) is 6.07 Å². The van der Waals surface area contributed by atoms with Crippen LogP contribution in [-0.4, -0.2) is 30.4 Å². The lowest BCUT2D eigenvalue weighted by Crippen LogP contribution is -2.32. The van der Waals surface area contributed by atoms with Crippen molar-refractivity contribution in [2.24, 2.45) is 5.84 Å². The van der Waals surface area contributed by atoms with Gasteiger partial charge in [0.15, 0.2) is 0 Å². The number of hydrogen-bond acceptors (Lipinski definition) is 3. The normalized spacial score (nSPS) is 15.7. The van der Waals surface area contributed by atoms with E-state index in [1.807, 2.05) is 6.08 Å². The van der Waals surface area contributed by atoms with Gasteiger partial charge in [-0.05, 0) is 37.1 Å². The minimum absolute atomic E-state index is 0.147. The van der Waals surface area contributed by atoms with Gasteiger partial charge in [-0.3, -0.25) is 15.1 Å². The molecule has 114 valence electrons. The number of nitrogens with two attached hydrogens (primary N) is 1. The van der Waals surface area contributed by atoms with Gasteiger partial charge in [-0.2, -0.15) is 0 Å². The molecule has 0 saturated carbocycles. The Labute approximate surface area is 128 Å². The Morgan fingerprint density at radius 2 is 2.29 bits per heavy atom. The molecule has 0 bridgehead atoms. The van der Waals surface area contributed by atoms with Crippen LogP contribution in [0.4, 0.5) is 4.39 Å². The van der Waals surface area contributed by atoms with Crippen LogP contribution >= 0.6 is 11.6 Å². The van der Waals surface area contributed by atoms with Crippen LogP contribution in [0.3, 0.4) is 0 Å². The van der Waals surface area contributed by atoms with Crippen LogP contribution < -0.4 is 11.3 Å². The fourth-order valence-corrected chi connectivity index (χ4v) is 2.60. The van der Waals surface area contributed by atoms with Crippen molar-refractivity contribution in [2.45, 2.75) is 19.3 Å². The first kappa shape index (κ1) is 15.9. The van der Waals surface area contributed by atoms with Crippen LogP contribution in [0.15, 0.2) is 24.3 Å². The lowest BCUT2D eigenvalue weighted by molar-refractivity contribution is -0.121. The summed E-state index contributed by atoms with van der Waals surface area (Å²) in [5, 5.41) is 0.410. The smallest absolute Gasteiger partial charge is 0.233 e. The topological polar surface area (TPSA) is 58.4 Å². The van der Waals surface area contributed by atoms with Crippen LogP contribution in [0.25, 0.3) is 5.57 Å². The van der Waals surface area contributed by atoms with E-state index >= 15 is 0 Å². The number of hydrazine groups is 1. The molecule has 1 amide bonds. The van der Waals surface area contributed by atoms with Crippen molar-refractivity contribution < 1.29 is 9.18 Å². The number of rotatable bonds is 5. The van der Waals surface area contributed by atoms with Gasteiger partial charge in [-0.25, -0.2) is 10.2 Å². The monoisotopic (exact) mass is 311 g/mol. The summed E-state index contributed by atoms with van der Waals surface area (Å²) >= 11 is 5.76. The first-order valence-corrected chi connectivity index (χ1v) is 7.34. The summed E-state index contributed by atoms with van der Waals surface area (Å²) in [6.45, 7) is 2.46. The summed E-state index contributed by atoms with van der Waals surface area (Å²) in [6.07, 6.45) is 4.03. The van der Waals surface area contributed by atoms with Crippen molar-refractivity contribution >= 4 is 23.1 Å². The number of halogens is 2. The predicted molar refractivity (Wildman–Crippen MR) is 82.0 cm³/mol. The van der Waals surface area contributed by atoms with Gasteiger partial charge >= 0.3 is 0 Å². The van der Waals surface area contributed by atoms with Gasteiger partial charge in [0.2, 0.25) is 5.91 Å². The molecule has 0 unspecified atom stereocenters. The molecule has 0 fully saturated rings. The molecular weight excluding hydrogens is 293 g/mol. The number of nitrogens with zero attached hydrogens (tertiary/aromatic N) is 1. The summed E-state index contributed by atoms with van der Waals surface area (Å²) in [7, 11) is 0. The minimum atomic E-state index is -0.276.